The van der Waals surface area contributed by atoms with Gasteiger partial charge in [0.15, 0.2) is 5.82 Å². The van der Waals surface area contributed by atoms with Crippen molar-refractivity contribution in [3.8, 4) is 0 Å². The maximum absolute atomic E-state index is 6.64. The van der Waals surface area contributed by atoms with Gasteiger partial charge in [-0.25, -0.2) is 15.0 Å². The Morgan fingerprint density at radius 1 is 1.80 bits per heavy atom. The van der Waals surface area contributed by atoms with Crippen LogP contribution in [0.25, 0.3) is 0 Å². The summed E-state index contributed by atoms with van der Waals surface area (Å²) in [5, 5.41) is 0. The molecule has 0 radical (unpaired) electrons. The summed E-state index contributed by atoms with van der Waals surface area (Å²) in [6.45, 7) is 3.13. The lowest BCUT2D eigenvalue weighted by Crippen LogP contribution is -1.96. The minimum atomic E-state index is 0.354. The second kappa shape index (κ2) is 3.00. The van der Waals surface area contributed by atoms with E-state index < -0.39 is 0 Å². The highest BCUT2D eigenvalue weighted by Gasteiger charge is 1.92. The Balaban J connectivity index is 2.71. The Kier molecular flexibility index (Phi) is 1.64. The molecule has 0 saturated carbocycles. The maximum Gasteiger partial charge on any atom is 0.153 e. The molecule has 0 saturated heterocycles. The largest absolute Gasteiger partial charge is 0.293 e. The van der Waals surface area contributed by atoms with Gasteiger partial charge in [-0.3, -0.25) is 4.99 Å². The van der Waals surface area contributed by atoms with E-state index in [1.165, 1.54) is 6.33 Å². The van der Waals surface area contributed by atoms with E-state index in [2.05, 4.69) is 19.9 Å². The number of aryl methyl sites for hydroxylation is 1. The van der Waals surface area contributed by atoms with E-state index in [4.69, 9.17) is 1.37 Å². The lowest BCUT2D eigenvalue weighted by molar-refractivity contribution is 0.849. The molecule has 1 rings (SSSR count). The average Bonchev–Trinajstić information content (AvgIpc) is 2.01. The van der Waals surface area contributed by atoms with Gasteiger partial charge in [-0.15, -0.1) is 0 Å². The second-order valence-electron chi connectivity index (χ2n) is 1.79. The first-order valence-corrected chi connectivity index (χ1v) is 2.84. The Morgan fingerprint density at radius 3 is 3.40 bits per heavy atom. The van der Waals surface area contributed by atoms with E-state index in [-0.39, 0.29) is 0 Å². The first-order chi connectivity index (χ1) is 5.33. The van der Waals surface area contributed by atoms with Crippen molar-refractivity contribution in [2.75, 3.05) is 0 Å². The minimum Gasteiger partial charge on any atom is -0.293 e. The SMILES string of the molecule is [2H]C=NCc1ncnc(C)n1. The highest BCUT2D eigenvalue weighted by molar-refractivity contribution is 5.23. The fourth-order valence-electron chi connectivity index (χ4n) is 0.581. The average molecular weight is 137 g/mol. The van der Waals surface area contributed by atoms with Crippen LogP contribution in [0.3, 0.4) is 0 Å². The number of rotatable bonds is 2. The molecule has 52 valence electrons. The molecule has 0 unspecified atom stereocenters. The summed E-state index contributed by atoms with van der Waals surface area (Å²) >= 11 is 0. The van der Waals surface area contributed by atoms with Crippen LogP contribution in [-0.4, -0.2) is 21.6 Å². The summed E-state index contributed by atoms with van der Waals surface area (Å²) in [6, 6.07) is 0. The van der Waals surface area contributed by atoms with Gasteiger partial charge in [0.1, 0.15) is 12.2 Å². The monoisotopic (exact) mass is 137 g/mol. The standard InChI is InChI=1S/C6H8N4/c1-5-8-4-9-6(10-5)3-7-2/h4H,2-3H2,1H3/i2D. The molecule has 10 heavy (non-hydrogen) atoms. The Morgan fingerprint density at radius 2 is 2.70 bits per heavy atom. The van der Waals surface area contributed by atoms with E-state index in [0.29, 0.717) is 18.2 Å². The summed E-state index contributed by atoms with van der Waals surface area (Å²) < 4.78 is 6.64. The van der Waals surface area contributed by atoms with Gasteiger partial charge in [0.2, 0.25) is 0 Å². The van der Waals surface area contributed by atoms with E-state index >= 15 is 0 Å². The van der Waals surface area contributed by atoms with Gasteiger partial charge in [-0.1, -0.05) is 0 Å². The number of aromatic nitrogens is 3. The smallest absolute Gasteiger partial charge is 0.153 e. The third kappa shape index (κ3) is 1.58. The zero-order chi connectivity index (χ0) is 8.10. The molecular formula is C6H8N4. The van der Waals surface area contributed by atoms with Crippen LogP contribution in [0.4, 0.5) is 0 Å². The van der Waals surface area contributed by atoms with Crippen LogP contribution in [0.1, 0.15) is 13.0 Å². The van der Waals surface area contributed by atoms with Crippen molar-refractivity contribution in [2.45, 2.75) is 13.5 Å². The molecule has 0 aliphatic carbocycles. The molecule has 4 nitrogen and oxygen atoms in total. The predicted molar refractivity (Wildman–Crippen MR) is 37.8 cm³/mol. The molecule has 0 bridgehead atoms. The highest BCUT2D eigenvalue weighted by atomic mass is 15.0. The van der Waals surface area contributed by atoms with Crippen LogP contribution in [-0.2, 0) is 6.54 Å². The number of nitrogens with zero attached hydrogens (tertiary/aromatic N) is 4. The zero-order valence-corrected chi connectivity index (χ0v) is 5.65. The van der Waals surface area contributed by atoms with Gasteiger partial charge in [-0.05, 0) is 13.6 Å². The van der Waals surface area contributed by atoms with Gasteiger partial charge in [0.25, 0.3) is 0 Å². The molecular weight excluding hydrogens is 128 g/mol. The van der Waals surface area contributed by atoms with Gasteiger partial charge in [-0.2, -0.15) is 0 Å². The van der Waals surface area contributed by atoms with E-state index in [9.17, 15) is 0 Å². The van der Waals surface area contributed by atoms with Crippen molar-refractivity contribution in [1.29, 1.82) is 0 Å². The normalized spacial score (nSPS) is 11.9. The topological polar surface area (TPSA) is 51.0 Å². The minimum absolute atomic E-state index is 0.354. The fraction of sp³-hybridized carbons (Fsp3) is 0.333. The van der Waals surface area contributed by atoms with Crippen LogP contribution in [0.5, 0.6) is 0 Å². The van der Waals surface area contributed by atoms with E-state index in [0.717, 1.165) is 6.69 Å². The van der Waals surface area contributed by atoms with Crippen LogP contribution in [0.2, 0.25) is 0 Å². The highest BCUT2D eigenvalue weighted by Crippen LogP contribution is 1.90. The lowest BCUT2D eigenvalue weighted by atomic mass is 10.6. The molecule has 0 aliphatic heterocycles. The van der Waals surface area contributed by atoms with Crippen LogP contribution < -0.4 is 0 Å². The van der Waals surface area contributed by atoms with Crippen molar-refractivity contribution in [3.63, 3.8) is 0 Å². The first-order valence-electron chi connectivity index (χ1n) is 3.42. The molecule has 0 fully saturated rings. The first kappa shape index (κ1) is 5.46. The zero-order valence-electron chi connectivity index (χ0n) is 6.65. The van der Waals surface area contributed by atoms with Crippen molar-refractivity contribution in [1.82, 2.24) is 15.0 Å². The summed E-state index contributed by atoms with van der Waals surface area (Å²) in [5.74, 6) is 1.27. The molecule has 0 aliphatic rings. The van der Waals surface area contributed by atoms with Gasteiger partial charge in [0.05, 0.1) is 7.92 Å². The van der Waals surface area contributed by atoms with Crippen molar-refractivity contribution in [3.05, 3.63) is 18.0 Å². The fourth-order valence-corrected chi connectivity index (χ4v) is 0.581. The predicted octanol–water partition coefficient (Wildman–Crippen LogP) is 0.381. The molecule has 1 heterocycles. The summed E-state index contributed by atoms with van der Waals surface area (Å²) in [7, 11) is 0. The van der Waals surface area contributed by atoms with Crippen LogP contribution in [0, 0.1) is 6.92 Å². The van der Waals surface area contributed by atoms with Crippen LogP contribution in [0.15, 0.2) is 11.3 Å². The van der Waals surface area contributed by atoms with Crippen molar-refractivity contribution >= 4 is 6.69 Å². The molecule has 1 aromatic heterocycles. The summed E-state index contributed by atoms with van der Waals surface area (Å²) in [4.78, 5) is 15.3. The number of hydrogen-bond acceptors (Lipinski definition) is 4. The van der Waals surface area contributed by atoms with E-state index in [1.54, 1.807) is 6.92 Å². The molecule has 0 N–H and O–H groups in total. The lowest BCUT2D eigenvalue weighted by Gasteiger charge is -1.93. The van der Waals surface area contributed by atoms with Gasteiger partial charge in [0, 0.05) is 0 Å². The molecule has 4 heteroatoms. The molecule has 0 aromatic carbocycles. The maximum atomic E-state index is 6.64. The van der Waals surface area contributed by atoms with Crippen molar-refractivity contribution < 1.29 is 1.37 Å². The second-order valence-corrected chi connectivity index (χ2v) is 1.79. The molecule has 0 amide bonds. The number of hydrogen-bond donors (Lipinski definition) is 0. The Bertz CT molecular complexity index is 261. The van der Waals surface area contributed by atoms with Crippen molar-refractivity contribution in [2.24, 2.45) is 4.99 Å². The van der Waals surface area contributed by atoms with Gasteiger partial charge >= 0.3 is 0 Å². The molecule has 1 aromatic rings. The quantitative estimate of drug-likeness (QED) is 0.554. The Labute approximate surface area is 60.5 Å². The third-order valence-corrected chi connectivity index (χ3v) is 0.975. The molecule has 0 atom stereocenters. The van der Waals surface area contributed by atoms with Crippen LogP contribution >= 0.6 is 0 Å². The molecule has 0 spiro atoms. The summed E-state index contributed by atoms with van der Waals surface area (Å²) in [6.07, 6.45) is 1.44. The Hall–Kier alpha value is -1.32. The summed E-state index contributed by atoms with van der Waals surface area (Å²) in [5.41, 5.74) is 0. The third-order valence-electron chi connectivity index (χ3n) is 0.975. The van der Waals surface area contributed by atoms with Gasteiger partial charge < -0.3 is 0 Å². The van der Waals surface area contributed by atoms with E-state index in [1.807, 2.05) is 0 Å². The number of aliphatic imine (C=N–C) groups is 1.